The van der Waals surface area contributed by atoms with Crippen molar-refractivity contribution < 1.29 is 14.3 Å². The highest BCUT2D eigenvalue weighted by atomic mass is 79.9. The summed E-state index contributed by atoms with van der Waals surface area (Å²) in [5.74, 6) is 0.699. The number of halogens is 3. The van der Waals surface area contributed by atoms with Crippen molar-refractivity contribution in [3.05, 3.63) is 90.9 Å². The summed E-state index contributed by atoms with van der Waals surface area (Å²) in [7, 11) is 1.46. The molecule has 0 aliphatic carbocycles. The minimum atomic E-state index is -0.389. The number of nitrogens with zero attached hydrogens (tertiary/aromatic N) is 3. The van der Waals surface area contributed by atoms with Crippen molar-refractivity contribution in [2.75, 3.05) is 19.0 Å². The van der Waals surface area contributed by atoms with E-state index >= 15 is 0 Å². The van der Waals surface area contributed by atoms with Gasteiger partial charge in [0.1, 0.15) is 5.82 Å². The number of ether oxygens (including phenoxy) is 2. The van der Waals surface area contributed by atoms with Crippen LogP contribution in [0.1, 0.15) is 31.2 Å². The van der Waals surface area contributed by atoms with Gasteiger partial charge < -0.3 is 14.8 Å². The first-order valence-electron chi connectivity index (χ1n) is 12.1. The van der Waals surface area contributed by atoms with Crippen LogP contribution in [0.2, 0.25) is 10.0 Å². The highest BCUT2D eigenvalue weighted by Crippen LogP contribution is 2.34. The number of fused-ring (bicyclic) bond motifs is 1. The van der Waals surface area contributed by atoms with E-state index in [2.05, 4.69) is 33.3 Å². The second-order valence-electron chi connectivity index (χ2n) is 8.52. The summed E-state index contributed by atoms with van der Waals surface area (Å²) in [4.78, 5) is 30.6. The number of nitrogens with one attached hydrogen (secondary N) is 1. The number of benzene rings is 3. The van der Waals surface area contributed by atoms with Crippen LogP contribution in [0.15, 0.2) is 69.0 Å². The minimum absolute atomic E-state index is 0.247. The predicted octanol–water partition coefficient (Wildman–Crippen LogP) is 6.72. The Morgan fingerprint density at radius 1 is 1.13 bits per heavy atom. The van der Waals surface area contributed by atoms with Crippen LogP contribution in [0.4, 0.5) is 5.69 Å². The molecule has 4 rings (SSSR count). The molecule has 0 aliphatic heterocycles. The largest absolute Gasteiger partial charge is 0.493 e. The monoisotopic (exact) mass is 630 g/mol. The average Bonchev–Trinajstić information content (AvgIpc) is 2.92. The lowest BCUT2D eigenvalue weighted by Crippen LogP contribution is -2.23. The Morgan fingerprint density at radius 2 is 1.90 bits per heavy atom. The van der Waals surface area contributed by atoms with E-state index in [1.807, 2.05) is 6.07 Å². The van der Waals surface area contributed by atoms with E-state index in [4.69, 9.17) is 37.7 Å². The summed E-state index contributed by atoms with van der Waals surface area (Å²) < 4.78 is 13.3. The number of aryl methyl sites for hydroxylation is 1. The van der Waals surface area contributed by atoms with E-state index in [9.17, 15) is 9.59 Å². The van der Waals surface area contributed by atoms with Gasteiger partial charge in [-0.05, 0) is 55.0 Å². The van der Waals surface area contributed by atoms with Crippen LogP contribution >= 0.6 is 39.1 Å². The van der Waals surface area contributed by atoms with Gasteiger partial charge in [0, 0.05) is 38.3 Å². The van der Waals surface area contributed by atoms with Crippen molar-refractivity contribution in [1.29, 1.82) is 0 Å². The molecule has 0 radical (unpaired) electrons. The molecule has 0 spiro atoms. The molecule has 39 heavy (non-hydrogen) atoms. The fraction of sp³-hybridized carbons (Fsp3) is 0.214. The predicted molar refractivity (Wildman–Crippen MR) is 159 cm³/mol. The number of unbranched alkanes of at least 4 members (excludes halogenated alkanes) is 1. The normalized spacial score (nSPS) is 11.2. The molecule has 1 amide bonds. The summed E-state index contributed by atoms with van der Waals surface area (Å²) in [6.07, 6.45) is 3.79. The molecule has 1 N–H and O–H groups in total. The molecule has 0 fully saturated rings. The van der Waals surface area contributed by atoms with Gasteiger partial charge in [-0.15, -0.1) is 0 Å². The molecule has 1 heterocycles. The second-order valence-corrected chi connectivity index (χ2v) is 10.3. The van der Waals surface area contributed by atoms with Gasteiger partial charge in [0.2, 0.25) is 0 Å². The summed E-state index contributed by atoms with van der Waals surface area (Å²) in [6.45, 7) is 1.75. The summed E-state index contributed by atoms with van der Waals surface area (Å²) in [6, 6.07) is 15.3. The average molecular weight is 632 g/mol. The molecule has 0 aliphatic rings. The Bertz CT molecular complexity index is 1590. The third-order valence-corrected chi connectivity index (χ3v) is 6.65. The molecule has 4 aromatic rings. The van der Waals surface area contributed by atoms with Crippen molar-refractivity contribution in [3.8, 4) is 11.5 Å². The standard InChI is InChI=1S/C28H25BrCl2N4O4/c1-3-4-5-25-34-23-11-6-18(29)13-22(23)28(37)35(25)32-15-17-12-20(31)14-24(38-2)27(17)39-16-26(36)33-21-9-7-19(30)8-10-21/h6-15H,3-5,16H2,1-2H3,(H,33,36). The number of amides is 1. The van der Waals surface area contributed by atoms with Crippen molar-refractivity contribution in [2.24, 2.45) is 5.10 Å². The van der Waals surface area contributed by atoms with Gasteiger partial charge in [0.05, 0.1) is 24.2 Å². The molecule has 0 atom stereocenters. The molecule has 1 aromatic heterocycles. The van der Waals surface area contributed by atoms with Gasteiger partial charge >= 0.3 is 0 Å². The first-order valence-corrected chi connectivity index (χ1v) is 13.6. The Kier molecular flexibility index (Phi) is 9.61. The van der Waals surface area contributed by atoms with Crippen LogP contribution in [0.25, 0.3) is 10.9 Å². The fourth-order valence-corrected chi connectivity index (χ4v) is 4.49. The number of methoxy groups -OCH3 is 1. The first kappa shape index (κ1) is 28.6. The molecular weight excluding hydrogens is 607 g/mol. The maximum absolute atomic E-state index is 13.4. The van der Waals surface area contributed by atoms with Crippen molar-refractivity contribution >= 4 is 67.8 Å². The van der Waals surface area contributed by atoms with E-state index in [-0.39, 0.29) is 23.8 Å². The van der Waals surface area contributed by atoms with Crippen molar-refractivity contribution in [2.45, 2.75) is 26.2 Å². The minimum Gasteiger partial charge on any atom is -0.493 e. The number of hydrogen-bond acceptors (Lipinski definition) is 6. The lowest BCUT2D eigenvalue weighted by Gasteiger charge is -2.14. The third-order valence-electron chi connectivity index (χ3n) is 5.69. The van der Waals surface area contributed by atoms with Crippen molar-refractivity contribution in [1.82, 2.24) is 9.66 Å². The van der Waals surface area contributed by atoms with E-state index < -0.39 is 0 Å². The van der Waals surface area contributed by atoms with Gasteiger partial charge in [0.15, 0.2) is 18.1 Å². The van der Waals surface area contributed by atoms with Crippen LogP contribution in [-0.4, -0.2) is 35.5 Å². The zero-order valence-corrected chi connectivity index (χ0v) is 24.3. The second kappa shape index (κ2) is 13.1. The Hall–Kier alpha value is -3.40. The quantitative estimate of drug-likeness (QED) is 0.196. The van der Waals surface area contributed by atoms with Gasteiger partial charge in [-0.25, -0.2) is 4.98 Å². The van der Waals surface area contributed by atoms with Gasteiger partial charge in [-0.3, -0.25) is 9.59 Å². The van der Waals surface area contributed by atoms with Gasteiger partial charge in [-0.2, -0.15) is 9.78 Å². The SMILES string of the molecule is CCCCc1nc2ccc(Br)cc2c(=O)n1N=Cc1cc(Cl)cc(OC)c1OCC(=O)Nc1ccc(Cl)cc1. The fourth-order valence-electron chi connectivity index (χ4n) is 3.79. The van der Waals surface area contributed by atoms with E-state index in [1.165, 1.54) is 18.0 Å². The van der Waals surface area contributed by atoms with E-state index in [0.29, 0.717) is 50.2 Å². The number of hydrogen-bond donors (Lipinski definition) is 1. The van der Waals surface area contributed by atoms with Crippen LogP contribution < -0.4 is 20.3 Å². The molecule has 11 heteroatoms. The molecule has 0 saturated carbocycles. The zero-order chi connectivity index (χ0) is 27.9. The maximum atomic E-state index is 13.4. The number of carbonyl (C=O) groups excluding carboxylic acids is 1. The van der Waals surface area contributed by atoms with E-state index in [1.54, 1.807) is 48.5 Å². The Balaban J connectivity index is 1.68. The Morgan fingerprint density at radius 3 is 2.62 bits per heavy atom. The van der Waals surface area contributed by atoms with Crippen LogP contribution in [0.5, 0.6) is 11.5 Å². The van der Waals surface area contributed by atoms with E-state index in [0.717, 1.165) is 17.3 Å². The Labute approximate surface area is 243 Å². The number of anilines is 1. The molecule has 0 saturated heterocycles. The summed E-state index contributed by atoms with van der Waals surface area (Å²) in [5, 5.41) is 8.58. The smallest absolute Gasteiger partial charge is 0.282 e. The van der Waals surface area contributed by atoms with Gasteiger partial charge in [-0.1, -0.05) is 52.5 Å². The molecule has 0 unspecified atom stereocenters. The number of rotatable bonds is 10. The van der Waals surface area contributed by atoms with Crippen LogP contribution in [0.3, 0.4) is 0 Å². The molecule has 202 valence electrons. The highest BCUT2D eigenvalue weighted by Gasteiger charge is 2.16. The first-order chi connectivity index (χ1) is 18.8. The van der Waals surface area contributed by atoms with Crippen molar-refractivity contribution in [3.63, 3.8) is 0 Å². The number of carbonyl (C=O) groups is 1. The number of aromatic nitrogens is 2. The maximum Gasteiger partial charge on any atom is 0.282 e. The highest BCUT2D eigenvalue weighted by molar-refractivity contribution is 9.10. The lowest BCUT2D eigenvalue weighted by molar-refractivity contribution is -0.118. The third kappa shape index (κ3) is 7.17. The van der Waals surface area contributed by atoms with Crippen LogP contribution in [-0.2, 0) is 11.2 Å². The topological polar surface area (TPSA) is 94.8 Å². The van der Waals surface area contributed by atoms with Crippen LogP contribution in [0, 0.1) is 0 Å². The summed E-state index contributed by atoms with van der Waals surface area (Å²) in [5.41, 5.74) is 1.29. The van der Waals surface area contributed by atoms with Gasteiger partial charge in [0.25, 0.3) is 11.5 Å². The zero-order valence-electron chi connectivity index (χ0n) is 21.2. The molecule has 0 bridgehead atoms. The molecular formula is C28H25BrCl2N4O4. The molecule has 8 nitrogen and oxygen atoms in total. The molecule has 3 aromatic carbocycles. The summed E-state index contributed by atoms with van der Waals surface area (Å²) >= 11 is 15.6. The lowest BCUT2D eigenvalue weighted by atomic mass is 10.2.